The number of carbonyl (C=O) groups is 1. The second-order valence-corrected chi connectivity index (χ2v) is 5.92. The molecule has 7 heteroatoms. The minimum absolute atomic E-state index is 0.112. The standard InChI is InChI=1S/C19H21N3O4/c1-15-4-6-16(7-5-15)8-10-18(23)20-12-2-3-13-21-14-17(22(25)26)9-11-19(21)24/h4-11,14H,2-3,12-13H2,1H3,(H,20,23)/b10-8+. The number of rotatable bonds is 8. The number of nitrogens with zero attached hydrogens (tertiary/aromatic N) is 2. The lowest BCUT2D eigenvalue weighted by Crippen LogP contribution is -2.23. The molecule has 0 atom stereocenters. The molecule has 0 saturated carbocycles. The molecule has 0 aliphatic carbocycles. The Balaban J connectivity index is 1.72. The number of carbonyl (C=O) groups excluding carboxylic acids is 1. The van der Waals surface area contributed by atoms with Crippen LogP contribution < -0.4 is 10.9 Å². The van der Waals surface area contributed by atoms with Crippen molar-refractivity contribution in [3.8, 4) is 0 Å². The van der Waals surface area contributed by atoms with Crippen molar-refractivity contribution in [3.63, 3.8) is 0 Å². The average Bonchev–Trinajstić information content (AvgIpc) is 2.62. The summed E-state index contributed by atoms with van der Waals surface area (Å²) < 4.78 is 1.32. The van der Waals surface area contributed by atoms with Gasteiger partial charge in [0, 0.05) is 31.3 Å². The first-order chi connectivity index (χ1) is 12.5. The van der Waals surface area contributed by atoms with E-state index in [1.54, 1.807) is 6.08 Å². The Morgan fingerprint density at radius 3 is 2.62 bits per heavy atom. The van der Waals surface area contributed by atoms with Crippen LogP contribution in [0.4, 0.5) is 5.69 Å². The maximum atomic E-state index is 11.8. The van der Waals surface area contributed by atoms with Crippen LogP contribution in [0.1, 0.15) is 24.0 Å². The molecule has 0 saturated heterocycles. The predicted octanol–water partition coefficient (Wildman–Crippen LogP) is 2.67. The highest BCUT2D eigenvalue weighted by Gasteiger charge is 2.07. The molecule has 1 aromatic heterocycles. The number of benzene rings is 1. The average molecular weight is 355 g/mol. The van der Waals surface area contributed by atoms with Crippen molar-refractivity contribution in [1.29, 1.82) is 0 Å². The highest BCUT2D eigenvalue weighted by atomic mass is 16.6. The molecule has 0 spiro atoms. The van der Waals surface area contributed by atoms with Gasteiger partial charge in [-0.2, -0.15) is 0 Å². The van der Waals surface area contributed by atoms with E-state index in [9.17, 15) is 19.7 Å². The van der Waals surface area contributed by atoms with Gasteiger partial charge >= 0.3 is 0 Å². The smallest absolute Gasteiger partial charge is 0.285 e. The molecule has 2 aromatic rings. The number of nitrogens with one attached hydrogen (secondary N) is 1. The van der Waals surface area contributed by atoms with E-state index >= 15 is 0 Å². The lowest BCUT2D eigenvalue weighted by atomic mass is 10.1. The van der Waals surface area contributed by atoms with Gasteiger partial charge in [-0.3, -0.25) is 19.7 Å². The molecule has 26 heavy (non-hydrogen) atoms. The Labute approximate surface area is 151 Å². The van der Waals surface area contributed by atoms with E-state index in [1.807, 2.05) is 31.2 Å². The highest BCUT2D eigenvalue weighted by molar-refractivity contribution is 5.91. The van der Waals surface area contributed by atoms with Crippen molar-refractivity contribution in [2.75, 3.05) is 6.54 Å². The minimum atomic E-state index is -0.531. The summed E-state index contributed by atoms with van der Waals surface area (Å²) in [7, 11) is 0. The van der Waals surface area contributed by atoms with Crippen molar-refractivity contribution in [1.82, 2.24) is 9.88 Å². The quantitative estimate of drug-likeness (QED) is 0.341. The molecule has 0 aliphatic rings. The fourth-order valence-electron chi connectivity index (χ4n) is 2.33. The molecule has 1 amide bonds. The first-order valence-corrected chi connectivity index (χ1v) is 8.33. The molecule has 2 rings (SSSR count). The Bertz CT molecular complexity index is 854. The third kappa shape index (κ3) is 6.01. The van der Waals surface area contributed by atoms with Gasteiger partial charge < -0.3 is 9.88 Å². The molecule has 0 unspecified atom stereocenters. The van der Waals surface area contributed by atoms with E-state index in [0.29, 0.717) is 25.9 Å². The van der Waals surface area contributed by atoms with Crippen LogP contribution >= 0.6 is 0 Å². The van der Waals surface area contributed by atoms with Crippen molar-refractivity contribution >= 4 is 17.7 Å². The normalized spacial score (nSPS) is 10.8. The second kappa shape index (κ2) is 9.31. The SMILES string of the molecule is Cc1ccc(/C=C/C(=O)NCCCCn2cc([N+](=O)[O-])ccc2=O)cc1. The zero-order valence-corrected chi connectivity index (χ0v) is 14.6. The van der Waals surface area contributed by atoms with Gasteiger partial charge in [-0.05, 0) is 31.4 Å². The number of amides is 1. The Kier molecular flexibility index (Phi) is 6.84. The summed E-state index contributed by atoms with van der Waals surface area (Å²) in [6.07, 6.45) is 5.76. The maximum absolute atomic E-state index is 11.8. The first-order valence-electron chi connectivity index (χ1n) is 8.33. The minimum Gasteiger partial charge on any atom is -0.353 e. The van der Waals surface area contributed by atoms with Gasteiger partial charge in [-0.1, -0.05) is 29.8 Å². The van der Waals surface area contributed by atoms with Crippen LogP contribution in [0.2, 0.25) is 0 Å². The van der Waals surface area contributed by atoms with E-state index in [1.165, 1.54) is 29.0 Å². The zero-order valence-electron chi connectivity index (χ0n) is 14.6. The van der Waals surface area contributed by atoms with Gasteiger partial charge in [-0.25, -0.2) is 0 Å². The number of nitro groups is 1. The molecule has 7 nitrogen and oxygen atoms in total. The van der Waals surface area contributed by atoms with Crippen LogP contribution in [0.3, 0.4) is 0 Å². The fraction of sp³-hybridized carbons (Fsp3) is 0.263. The second-order valence-electron chi connectivity index (χ2n) is 5.92. The van der Waals surface area contributed by atoms with Crippen LogP contribution in [0.25, 0.3) is 6.08 Å². The summed E-state index contributed by atoms with van der Waals surface area (Å²) in [4.78, 5) is 33.6. The lowest BCUT2D eigenvalue weighted by Gasteiger charge is -2.05. The molecular formula is C19H21N3O4. The number of aryl methyl sites for hydroxylation is 2. The molecule has 0 bridgehead atoms. The summed E-state index contributed by atoms with van der Waals surface area (Å²) in [5, 5.41) is 13.5. The van der Waals surface area contributed by atoms with E-state index in [0.717, 1.165) is 11.1 Å². The number of unbranched alkanes of at least 4 members (excludes halogenated alkanes) is 1. The van der Waals surface area contributed by atoms with Gasteiger partial charge in [0.1, 0.15) is 0 Å². The largest absolute Gasteiger partial charge is 0.353 e. The Morgan fingerprint density at radius 2 is 1.92 bits per heavy atom. The summed E-state index contributed by atoms with van der Waals surface area (Å²) in [6, 6.07) is 10.2. The number of hydrogen-bond acceptors (Lipinski definition) is 4. The predicted molar refractivity (Wildman–Crippen MR) is 99.8 cm³/mol. The molecule has 1 aromatic carbocycles. The maximum Gasteiger partial charge on any atom is 0.285 e. The monoisotopic (exact) mass is 355 g/mol. The van der Waals surface area contributed by atoms with Crippen molar-refractivity contribution in [3.05, 3.63) is 80.3 Å². The molecule has 0 radical (unpaired) electrons. The third-order valence-corrected chi connectivity index (χ3v) is 3.81. The van der Waals surface area contributed by atoms with Crippen molar-refractivity contribution in [2.24, 2.45) is 0 Å². The van der Waals surface area contributed by atoms with Gasteiger partial charge in [0.2, 0.25) is 5.91 Å². The molecule has 0 aliphatic heterocycles. The number of hydrogen-bond donors (Lipinski definition) is 1. The van der Waals surface area contributed by atoms with Gasteiger partial charge in [-0.15, -0.1) is 0 Å². The molecule has 0 fully saturated rings. The van der Waals surface area contributed by atoms with E-state index in [-0.39, 0.29) is 17.2 Å². The summed E-state index contributed by atoms with van der Waals surface area (Å²) >= 11 is 0. The highest BCUT2D eigenvalue weighted by Crippen LogP contribution is 2.07. The number of pyridine rings is 1. The van der Waals surface area contributed by atoms with Crippen molar-refractivity contribution < 1.29 is 9.72 Å². The van der Waals surface area contributed by atoms with E-state index in [4.69, 9.17) is 0 Å². The molecule has 136 valence electrons. The van der Waals surface area contributed by atoms with E-state index in [2.05, 4.69) is 5.32 Å². The van der Waals surface area contributed by atoms with Crippen LogP contribution in [-0.4, -0.2) is 21.9 Å². The summed E-state index contributed by atoms with van der Waals surface area (Å²) in [6.45, 7) is 2.85. The Morgan fingerprint density at radius 1 is 1.19 bits per heavy atom. The van der Waals surface area contributed by atoms with Gasteiger partial charge in [0.05, 0.1) is 11.1 Å². The van der Waals surface area contributed by atoms with Gasteiger partial charge in [0.15, 0.2) is 0 Å². The summed E-state index contributed by atoms with van der Waals surface area (Å²) in [5.74, 6) is -0.182. The molecular weight excluding hydrogens is 334 g/mol. The first kappa shape index (κ1) is 19.1. The van der Waals surface area contributed by atoms with Crippen molar-refractivity contribution in [2.45, 2.75) is 26.3 Å². The fourth-order valence-corrected chi connectivity index (χ4v) is 2.33. The number of aromatic nitrogens is 1. The lowest BCUT2D eigenvalue weighted by molar-refractivity contribution is -0.385. The van der Waals surface area contributed by atoms with Crippen LogP contribution in [0.15, 0.2) is 53.5 Å². The zero-order chi connectivity index (χ0) is 18.9. The van der Waals surface area contributed by atoms with Crippen LogP contribution in [0, 0.1) is 17.0 Å². The Hall–Kier alpha value is -3.22. The molecule has 1 N–H and O–H groups in total. The summed E-state index contributed by atoms with van der Waals surface area (Å²) in [5.41, 5.74) is 1.73. The topological polar surface area (TPSA) is 94.2 Å². The van der Waals surface area contributed by atoms with Crippen LogP contribution in [-0.2, 0) is 11.3 Å². The van der Waals surface area contributed by atoms with Crippen LogP contribution in [0.5, 0.6) is 0 Å². The van der Waals surface area contributed by atoms with Gasteiger partial charge in [0.25, 0.3) is 11.2 Å². The molecule has 1 heterocycles. The third-order valence-electron chi connectivity index (χ3n) is 3.81. The van der Waals surface area contributed by atoms with E-state index < -0.39 is 4.92 Å².